The highest BCUT2D eigenvalue weighted by atomic mass is 35.5. The summed E-state index contributed by atoms with van der Waals surface area (Å²) in [6.45, 7) is 0.337. The fraction of sp³-hybridized carbons (Fsp3) is 0.320. The maximum Gasteiger partial charge on any atom is 0.421 e. The Kier molecular flexibility index (Phi) is 11.5. The second-order valence-electron chi connectivity index (χ2n) is 8.24. The minimum atomic E-state index is -4.63. The predicted molar refractivity (Wildman–Crippen MR) is 141 cm³/mol. The molecule has 41 heavy (non-hydrogen) atoms. The number of carbonyl (C=O) groups is 1. The summed E-state index contributed by atoms with van der Waals surface area (Å²) >= 11 is 5.99. The molecule has 1 amide bonds. The van der Waals surface area contributed by atoms with Crippen LogP contribution < -0.4 is 18.9 Å². The number of rotatable bonds is 14. The lowest BCUT2D eigenvalue weighted by molar-refractivity contribution is -0.137. The summed E-state index contributed by atoms with van der Waals surface area (Å²) in [6, 6.07) is 8.73. The van der Waals surface area contributed by atoms with Gasteiger partial charge in [0.1, 0.15) is 23.1 Å². The first-order valence-electron chi connectivity index (χ1n) is 11.9. The highest BCUT2D eigenvalue weighted by molar-refractivity contribution is 7.88. The van der Waals surface area contributed by atoms with Crippen LogP contribution in [0.2, 0.25) is 5.02 Å². The van der Waals surface area contributed by atoms with Crippen molar-refractivity contribution in [3.63, 3.8) is 0 Å². The Morgan fingerprint density at radius 3 is 2.51 bits per heavy atom. The van der Waals surface area contributed by atoms with E-state index in [4.69, 9.17) is 30.5 Å². The minimum absolute atomic E-state index is 0.0586. The lowest BCUT2D eigenvalue weighted by atomic mass is 10.1. The van der Waals surface area contributed by atoms with E-state index in [1.54, 1.807) is 29.0 Å². The average Bonchev–Trinajstić information content (AvgIpc) is 2.92. The molecule has 0 saturated heterocycles. The zero-order chi connectivity index (χ0) is 29.9. The van der Waals surface area contributed by atoms with Gasteiger partial charge in [0.15, 0.2) is 0 Å². The predicted octanol–water partition coefficient (Wildman–Crippen LogP) is 4.66. The van der Waals surface area contributed by atoms with Gasteiger partial charge in [0.2, 0.25) is 5.88 Å². The van der Waals surface area contributed by atoms with Crippen molar-refractivity contribution in [3.8, 4) is 17.4 Å². The molecule has 0 aliphatic rings. The van der Waals surface area contributed by atoms with Crippen LogP contribution in [0.25, 0.3) is 0 Å². The van der Waals surface area contributed by atoms with E-state index < -0.39 is 28.0 Å². The largest absolute Gasteiger partial charge is 0.491 e. The van der Waals surface area contributed by atoms with Crippen LogP contribution in [-0.2, 0) is 38.8 Å². The molecule has 0 spiro atoms. The lowest BCUT2D eigenvalue weighted by Gasteiger charge is -2.15. The number of hydrogen-bond acceptors (Lipinski definition) is 9. The minimum Gasteiger partial charge on any atom is -0.491 e. The van der Waals surface area contributed by atoms with Crippen molar-refractivity contribution in [2.24, 2.45) is 0 Å². The molecule has 2 heterocycles. The van der Waals surface area contributed by atoms with E-state index in [-0.39, 0.29) is 49.3 Å². The van der Waals surface area contributed by atoms with Gasteiger partial charge in [-0.1, -0.05) is 17.7 Å². The van der Waals surface area contributed by atoms with Gasteiger partial charge in [0.25, 0.3) is 0 Å². The monoisotopic (exact) mass is 618 g/mol. The van der Waals surface area contributed by atoms with Gasteiger partial charge in [0.05, 0.1) is 18.8 Å². The van der Waals surface area contributed by atoms with Crippen molar-refractivity contribution in [1.29, 1.82) is 0 Å². The normalized spacial score (nSPS) is 11.6. The summed E-state index contributed by atoms with van der Waals surface area (Å²) in [5.74, 6) is 0.334. The summed E-state index contributed by atoms with van der Waals surface area (Å²) in [7, 11) is -2.66. The molecule has 0 radical (unpaired) electrons. The zero-order valence-electron chi connectivity index (χ0n) is 21.6. The number of amides is 1. The number of pyridine rings is 2. The van der Waals surface area contributed by atoms with Crippen molar-refractivity contribution in [1.82, 2.24) is 19.4 Å². The number of carbonyl (C=O) groups excluding carboxylic acids is 1. The quantitative estimate of drug-likeness (QED) is 0.247. The molecule has 11 nitrogen and oxygen atoms in total. The maximum absolute atomic E-state index is 13.0. The Morgan fingerprint density at radius 2 is 1.83 bits per heavy atom. The van der Waals surface area contributed by atoms with Crippen LogP contribution >= 0.6 is 11.6 Å². The zero-order valence-corrected chi connectivity index (χ0v) is 23.2. The molecular formula is C25H26ClF3N4O7S. The molecule has 0 saturated carbocycles. The van der Waals surface area contributed by atoms with Gasteiger partial charge in [-0.3, -0.25) is 4.98 Å². The molecule has 3 aromatic rings. The third kappa shape index (κ3) is 10.7. The highest BCUT2D eigenvalue weighted by Crippen LogP contribution is 2.36. The number of benzene rings is 1. The molecule has 0 atom stereocenters. The molecule has 16 heteroatoms. The maximum atomic E-state index is 13.0. The molecule has 222 valence electrons. The fourth-order valence-electron chi connectivity index (χ4n) is 3.21. The van der Waals surface area contributed by atoms with Crippen LogP contribution in [0, 0.1) is 0 Å². The van der Waals surface area contributed by atoms with E-state index in [2.05, 4.69) is 14.7 Å². The first kappa shape index (κ1) is 31.9. The number of methoxy groups -OCH3 is 1. The van der Waals surface area contributed by atoms with Gasteiger partial charge in [-0.05, 0) is 48.2 Å². The number of nitrogens with zero attached hydrogens (tertiary/aromatic N) is 2. The van der Waals surface area contributed by atoms with E-state index in [9.17, 15) is 26.4 Å². The molecule has 2 N–H and O–H groups in total. The first-order chi connectivity index (χ1) is 19.5. The lowest BCUT2D eigenvalue weighted by Crippen LogP contribution is -2.40. The number of halogens is 4. The Hall–Kier alpha value is -3.66. The summed E-state index contributed by atoms with van der Waals surface area (Å²) in [4.78, 5) is 19.5. The topological polar surface area (TPSA) is 138 Å². The second-order valence-corrected chi connectivity index (χ2v) is 10.2. The van der Waals surface area contributed by atoms with Crippen LogP contribution in [0.15, 0.2) is 55.0 Å². The smallest absolute Gasteiger partial charge is 0.421 e. The van der Waals surface area contributed by atoms with Crippen molar-refractivity contribution in [3.05, 3.63) is 76.7 Å². The van der Waals surface area contributed by atoms with Gasteiger partial charge >= 0.3 is 22.5 Å². The Labute approximate surface area is 239 Å². The molecule has 1 aromatic carbocycles. The average molecular weight is 619 g/mol. The van der Waals surface area contributed by atoms with E-state index in [0.717, 1.165) is 0 Å². The van der Waals surface area contributed by atoms with E-state index in [0.29, 0.717) is 35.7 Å². The summed E-state index contributed by atoms with van der Waals surface area (Å²) < 4.78 is 88.2. The first-order valence-corrected chi connectivity index (χ1v) is 13.8. The fourth-order valence-corrected chi connectivity index (χ4v) is 4.12. The van der Waals surface area contributed by atoms with Gasteiger partial charge in [-0.2, -0.15) is 26.3 Å². The van der Waals surface area contributed by atoms with Crippen molar-refractivity contribution < 1.29 is 45.3 Å². The van der Waals surface area contributed by atoms with E-state index >= 15 is 0 Å². The molecule has 0 unspecified atom stereocenters. The summed E-state index contributed by atoms with van der Waals surface area (Å²) in [5.41, 5.74) is 0.175. The molecule has 3 rings (SSSR count). The van der Waals surface area contributed by atoms with Gasteiger partial charge in [0, 0.05) is 38.3 Å². The SMILES string of the molecule is COCCOc1ccc(CCCOC(=O)NS(=O)(=O)NCc2ccncc2)c(Oc2ncc(C(F)(F)F)cc2Cl)c1. The molecule has 0 bridgehead atoms. The number of aromatic nitrogens is 2. The number of ether oxygens (including phenoxy) is 4. The third-order valence-electron chi connectivity index (χ3n) is 5.19. The third-order valence-corrected chi connectivity index (χ3v) is 6.42. The van der Waals surface area contributed by atoms with Crippen molar-refractivity contribution in [2.75, 3.05) is 26.9 Å². The van der Waals surface area contributed by atoms with Crippen LogP contribution in [0.1, 0.15) is 23.1 Å². The molecule has 0 fully saturated rings. The molecular weight excluding hydrogens is 593 g/mol. The van der Waals surface area contributed by atoms with Gasteiger partial charge in [-0.15, -0.1) is 0 Å². The highest BCUT2D eigenvalue weighted by Gasteiger charge is 2.32. The Bertz CT molecular complexity index is 1410. The van der Waals surface area contributed by atoms with Crippen molar-refractivity contribution >= 4 is 27.9 Å². The summed E-state index contributed by atoms with van der Waals surface area (Å²) in [6.07, 6.45) is -1.69. The number of nitrogens with one attached hydrogen (secondary N) is 2. The van der Waals surface area contributed by atoms with Gasteiger partial charge < -0.3 is 18.9 Å². The number of alkyl halides is 3. The number of hydrogen-bond donors (Lipinski definition) is 2. The van der Waals surface area contributed by atoms with E-state index in [1.165, 1.54) is 25.6 Å². The van der Waals surface area contributed by atoms with Crippen LogP contribution in [-0.4, -0.2) is 51.4 Å². The molecule has 0 aliphatic carbocycles. The van der Waals surface area contributed by atoms with Gasteiger partial charge in [-0.25, -0.2) is 14.5 Å². The Balaban J connectivity index is 1.60. The van der Waals surface area contributed by atoms with Crippen LogP contribution in [0.5, 0.6) is 17.4 Å². The molecule has 2 aromatic heterocycles. The summed E-state index contributed by atoms with van der Waals surface area (Å²) in [5, 5.41) is -0.352. The Morgan fingerprint density at radius 1 is 1.07 bits per heavy atom. The van der Waals surface area contributed by atoms with E-state index in [1.807, 2.05) is 0 Å². The standard InChI is InChI=1S/C25H26ClF3N4O7S/c1-37-11-12-38-20-5-4-18(22(14-20)40-23-21(26)13-19(16-31-23)25(27,28)29)3-2-10-39-24(34)33-41(35,36)32-15-17-6-8-30-9-7-17/h4-9,13-14,16,32H,2-3,10-12,15H2,1H3,(H,33,34). The van der Waals surface area contributed by atoms with Crippen LogP contribution in [0.3, 0.4) is 0 Å². The van der Waals surface area contributed by atoms with Crippen molar-refractivity contribution in [2.45, 2.75) is 25.6 Å². The van der Waals surface area contributed by atoms with Crippen LogP contribution in [0.4, 0.5) is 18.0 Å². The second kappa shape index (κ2) is 14.8. The number of aryl methyl sites for hydroxylation is 1. The molecule has 0 aliphatic heterocycles.